The highest BCUT2D eigenvalue weighted by Crippen LogP contribution is 2.42. The molecule has 764 valence electrons. The first-order chi connectivity index (χ1) is 66.4. The van der Waals surface area contributed by atoms with Gasteiger partial charge in [0.05, 0.1) is 30.1 Å². The summed E-state index contributed by atoms with van der Waals surface area (Å²) >= 11 is 0. The van der Waals surface area contributed by atoms with Gasteiger partial charge in [0, 0.05) is 5.56 Å². The van der Waals surface area contributed by atoms with E-state index in [1.54, 1.807) is 12.4 Å². The normalized spacial score (nSPS) is 15.3. The third-order valence-corrected chi connectivity index (χ3v) is 25.8. The maximum absolute atomic E-state index is 6.21. The van der Waals surface area contributed by atoms with Crippen molar-refractivity contribution in [2.45, 2.75) is 351 Å². The second kappa shape index (κ2) is 51.6. The molecule has 12 nitrogen and oxygen atoms in total. The average Bonchev–Trinajstić information content (AvgIpc) is 1.51. The number of hydrogen-bond acceptors (Lipinski definition) is 12. The number of benzene rings is 11. The Labute approximate surface area is 858 Å². The van der Waals surface area contributed by atoms with E-state index >= 15 is 0 Å². The number of aryl methyl sites for hydroxylation is 9. The molecular formula is C130H176N4O8. The van der Waals surface area contributed by atoms with Gasteiger partial charge < -0.3 is 38.0 Å². The maximum atomic E-state index is 6.21. The summed E-state index contributed by atoms with van der Waals surface area (Å²) in [4.78, 5) is 15.0. The molecule has 4 heterocycles. The van der Waals surface area contributed by atoms with Gasteiger partial charge >= 0.3 is 0 Å². The smallest absolute Gasteiger partial charge is 0.262 e. The second-order valence-corrected chi connectivity index (χ2v) is 47.8. The molecular weight excluding hydrogens is 1750 g/mol. The third-order valence-electron chi connectivity index (χ3n) is 25.8. The minimum Gasteiger partial charge on any atom is -0.490 e. The second-order valence-electron chi connectivity index (χ2n) is 47.8. The molecule has 3 aliphatic heterocycles. The van der Waals surface area contributed by atoms with Crippen molar-refractivity contribution in [1.29, 1.82) is 0 Å². The molecule has 12 heteroatoms. The Morgan fingerprint density at radius 2 is 0.620 bits per heavy atom. The number of nitrogens with zero attached hydrogens (tertiary/aromatic N) is 4. The highest BCUT2D eigenvalue weighted by molar-refractivity contribution is 6.04. The summed E-state index contributed by atoms with van der Waals surface area (Å²) in [5.41, 5.74) is 32.5. The Bertz CT molecular complexity index is 5890. The van der Waals surface area contributed by atoms with E-state index in [9.17, 15) is 0 Å². The molecule has 12 aromatic rings. The van der Waals surface area contributed by atoms with Crippen molar-refractivity contribution in [3.05, 3.63) is 337 Å². The molecule has 11 aromatic carbocycles. The molecule has 3 atom stereocenters. The Morgan fingerprint density at radius 3 is 1.03 bits per heavy atom. The molecule has 0 bridgehead atoms. The molecule has 16 rings (SSSR count). The molecule has 0 fully saturated rings. The minimum absolute atomic E-state index is 0.118. The Hall–Kier alpha value is -11.5. The van der Waals surface area contributed by atoms with Crippen molar-refractivity contribution in [1.82, 2.24) is 5.16 Å². The maximum Gasteiger partial charge on any atom is 0.262 e. The molecule has 0 amide bonds. The quantitative estimate of drug-likeness (QED) is 0.0867. The summed E-state index contributed by atoms with van der Waals surface area (Å²) in [5.74, 6) is 3.75. The van der Waals surface area contributed by atoms with Gasteiger partial charge in [-0.3, -0.25) is 0 Å². The van der Waals surface area contributed by atoms with E-state index in [4.69, 9.17) is 38.0 Å². The molecule has 0 radical (unpaired) electrons. The fraction of sp³-hybridized carbons (Fsp3) is 0.462. The summed E-state index contributed by atoms with van der Waals surface area (Å²) in [5, 5.41) is 16.8. The van der Waals surface area contributed by atoms with Crippen LogP contribution in [0, 0.1) is 50.9 Å². The number of fused-ring (bicyclic) bond motifs is 5. The van der Waals surface area contributed by atoms with Crippen LogP contribution in [0.15, 0.2) is 257 Å². The van der Waals surface area contributed by atoms with Gasteiger partial charge in [-0.15, -0.1) is 0 Å². The van der Waals surface area contributed by atoms with E-state index in [-0.39, 0.29) is 48.7 Å². The summed E-state index contributed by atoms with van der Waals surface area (Å²) in [6.45, 7) is 81.0. The van der Waals surface area contributed by atoms with E-state index in [0.717, 1.165) is 96.4 Å². The van der Waals surface area contributed by atoms with Crippen molar-refractivity contribution >= 4 is 29.1 Å². The first-order valence-corrected chi connectivity index (χ1v) is 52.0. The minimum atomic E-state index is 0.118. The van der Waals surface area contributed by atoms with Gasteiger partial charge in [-0.05, 0) is 305 Å². The summed E-state index contributed by atoms with van der Waals surface area (Å²) in [7, 11) is 0. The van der Waals surface area contributed by atoms with E-state index in [1.807, 2.05) is 52.0 Å². The van der Waals surface area contributed by atoms with Gasteiger partial charge in [0.25, 0.3) is 5.88 Å². The highest BCUT2D eigenvalue weighted by Gasteiger charge is 2.34. The van der Waals surface area contributed by atoms with Gasteiger partial charge in [-0.1, -0.05) is 418 Å². The van der Waals surface area contributed by atoms with Gasteiger partial charge in [0.1, 0.15) is 55.4 Å². The van der Waals surface area contributed by atoms with E-state index < -0.39 is 0 Å². The molecule has 0 spiro atoms. The SMILES string of the molecule is CCO/N=C/c1ccc(C(C)(C)C)cc1.CCO/N=C/c1ccc2c(c1)CCC(C(C)(C)C)O2.CCO/N=C1\CCc2cc(C(C)(C)C)ccc21.CCOc1noc2cc(C(C)(C)C)ccc12.Cc1ccc(-c2ccc(C(C)(C)C)cc2)cc1.Cc1ccc(-c2ccc3c(c2)CCC(C(C)(C)C)O3)cc1.Cc1ccc(C(C)(C)C)cc1.Cc1ccc(C(C)(C)C)cc1.Cc1ccc2c(c1)CCC(C(C)(C)C)O2. The van der Waals surface area contributed by atoms with Crippen molar-refractivity contribution in [3.63, 3.8) is 0 Å². The van der Waals surface area contributed by atoms with Crippen molar-refractivity contribution < 1.29 is 38.0 Å². The predicted molar refractivity (Wildman–Crippen MR) is 605 cm³/mol. The van der Waals surface area contributed by atoms with Crippen LogP contribution < -0.4 is 18.9 Å². The molecule has 1 aliphatic carbocycles. The average molecular weight is 1920 g/mol. The van der Waals surface area contributed by atoms with Crippen LogP contribution in [0.4, 0.5) is 0 Å². The Kier molecular flexibility index (Phi) is 42.1. The fourth-order valence-corrected chi connectivity index (χ4v) is 16.4. The summed E-state index contributed by atoms with van der Waals surface area (Å²) < 4.78 is 29.0. The summed E-state index contributed by atoms with van der Waals surface area (Å²) in [6.07, 6.45) is 13.2. The van der Waals surface area contributed by atoms with Gasteiger partial charge in [0.2, 0.25) is 0 Å². The lowest BCUT2D eigenvalue weighted by Crippen LogP contribution is -2.35. The molecule has 0 N–H and O–H groups in total. The molecule has 142 heavy (non-hydrogen) atoms. The fourth-order valence-electron chi connectivity index (χ4n) is 16.4. The van der Waals surface area contributed by atoms with Crippen LogP contribution >= 0.6 is 0 Å². The lowest BCUT2D eigenvalue weighted by molar-refractivity contribution is 0.0674. The van der Waals surface area contributed by atoms with Crippen LogP contribution in [0.2, 0.25) is 0 Å². The lowest BCUT2D eigenvalue weighted by atomic mass is 9.83. The molecule has 0 saturated heterocycles. The van der Waals surface area contributed by atoms with Gasteiger partial charge in [-0.25, -0.2) is 0 Å². The first kappa shape index (κ1) is 116. The lowest BCUT2D eigenvalue weighted by Gasteiger charge is -2.35. The van der Waals surface area contributed by atoms with E-state index in [1.165, 1.54) is 111 Å². The molecule has 1 aromatic heterocycles. The van der Waals surface area contributed by atoms with Crippen LogP contribution in [-0.4, -0.2) is 68.0 Å². The number of hydrogen-bond donors (Lipinski definition) is 0. The van der Waals surface area contributed by atoms with E-state index in [2.05, 4.69) is 455 Å². The molecule has 4 aliphatic rings. The zero-order chi connectivity index (χ0) is 105. The summed E-state index contributed by atoms with van der Waals surface area (Å²) in [6, 6.07) is 84.3. The largest absolute Gasteiger partial charge is 0.490 e. The van der Waals surface area contributed by atoms with Gasteiger partial charge in [-0.2, -0.15) is 0 Å². The van der Waals surface area contributed by atoms with Crippen LogP contribution in [0.5, 0.6) is 23.1 Å². The van der Waals surface area contributed by atoms with Crippen molar-refractivity contribution in [2.75, 3.05) is 26.4 Å². The monoisotopic (exact) mass is 1920 g/mol. The van der Waals surface area contributed by atoms with Crippen LogP contribution in [0.3, 0.4) is 0 Å². The van der Waals surface area contributed by atoms with Gasteiger partial charge in [0.15, 0.2) is 5.58 Å². The standard InChI is InChI=1S/C20H24O.C17H20.C16H23NO2.C15H21NO.C14H20O.C13H17NO2.C13H19NO.2C11H16/c1-14-5-7-15(8-6-14)16-9-11-18-17(13-16)10-12-19(21-18)20(2,3)4;1-13-5-7-14(8-6-13)15-9-11-16(12-10-15)17(2,3)4;1-5-18-17-11-12-6-8-14-13(10-12)7-9-15(19-14)16(2,3)4;1-5-17-16-14-9-6-11-10-12(15(2,3)4)7-8-13(11)14;1-10-5-7-12-11(9-10)6-8-13(15-12)14(2,3)4;1-5-15-12-10-7-6-9(13(2,3)4)8-11(10)16-14-12;1-5-15-14-10-11-6-8-12(9-7-11)13(2,3)4;2*1-9-5-7-10(8-6-9)11(2,3)4/h5-9,11,13,19H,10,12H2,1-4H3;5-12H,1-4H3;6,8,10-11,15H,5,7,9H2,1-4H3;7-8,10H,5-6,9H2,1-4H3;5,7,9,13H,6,8H2,1-4H3;6-8H,5H2,1-4H3;6-10H,5H2,1-4H3;2*5-8H,1-4H3/b;;17-11+;16-14+;;;14-10+;;. The number of rotatable bonds is 12. The topological polar surface area (TPSA) is 128 Å². The number of aromatic nitrogens is 1. The molecule has 0 saturated carbocycles. The Morgan fingerprint density at radius 1 is 0.296 bits per heavy atom. The number of oxime groups is 3. The third kappa shape index (κ3) is 37.0. The number of ether oxygens (including phenoxy) is 4. The Balaban J connectivity index is 0.000000197. The molecule has 3 unspecified atom stereocenters. The van der Waals surface area contributed by atoms with Crippen LogP contribution in [0.1, 0.15) is 340 Å². The van der Waals surface area contributed by atoms with E-state index in [0.29, 0.717) is 50.6 Å². The zero-order valence-electron chi connectivity index (χ0n) is 93.9. The van der Waals surface area contributed by atoms with Crippen LogP contribution in [-0.2, 0) is 72.7 Å². The van der Waals surface area contributed by atoms with Crippen molar-refractivity contribution in [2.24, 2.45) is 31.7 Å². The first-order valence-electron chi connectivity index (χ1n) is 52.0. The van der Waals surface area contributed by atoms with Crippen molar-refractivity contribution in [3.8, 4) is 45.4 Å². The predicted octanol–water partition coefficient (Wildman–Crippen LogP) is 35.0. The highest BCUT2D eigenvalue weighted by atomic mass is 16.6. The van der Waals surface area contributed by atoms with Crippen LogP contribution in [0.25, 0.3) is 33.2 Å². The zero-order valence-corrected chi connectivity index (χ0v) is 93.9.